The van der Waals surface area contributed by atoms with Gasteiger partial charge in [0.15, 0.2) is 0 Å². The van der Waals surface area contributed by atoms with E-state index in [2.05, 4.69) is 4.43 Å². The van der Waals surface area contributed by atoms with E-state index in [-0.39, 0.29) is 27.8 Å². The second kappa shape index (κ2) is 20.5. The molecule has 19 heavy (non-hydrogen) atoms. The summed E-state index contributed by atoms with van der Waals surface area (Å²) in [6.07, 6.45) is 0. The summed E-state index contributed by atoms with van der Waals surface area (Å²) in [6, 6.07) is 0. The van der Waals surface area contributed by atoms with E-state index in [1.54, 1.807) is 0 Å². The molecule has 128 valence electrons. The summed E-state index contributed by atoms with van der Waals surface area (Å²) in [5.41, 5.74) is 0. The maximum absolute atomic E-state index is 7.85. The average Bonchev–Trinajstić information content (AvgIpc) is 1.80. The Balaban J connectivity index is -0.0000000209. The Kier molecular flexibility index (Phi) is 46.1. The topological polar surface area (TPSA) is 243 Å². The van der Waals surface area contributed by atoms with E-state index in [0.29, 0.717) is 0 Å². The fourth-order valence-electron chi connectivity index (χ4n) is 0. The van der Waals surface area contributed by atoms with Gasteiger partial charge in [-0.2, -0.15) is 0 Å². The Morgan fingerprint density at radius 3 is 0.789 bits per heavy atom. The Morgan fingerprint density at radius 1 is 0.737 bits per heavy atom. The monoisotopic (exact) mass is 352 g/mol. The molecule has 0 aromatic carbocycles. The van der Waals surface area contributed by atoms with E-state index >= 15 is 0 Å². The molecule has 0 heterocycles. The highest BCUT2D eigenvalue weighted by Crippen LogP contribution is 1.80. The van der Waals surface area contributed by atoms with Crippen LogP contribution in [0.3, 0.4) is 0 Å². The Morgan fingerprint density at radius 2 is 0.789 bits per heavy atom. The molecule has 0 aliphatic heterocycles. The zero-order valence-electron chi connectivity index (χ0n) is 7.96. The molecule has 0 saturated heterocycles. The highest BCUT2D eigenvalue weighted by Gasteiger charge is 2.27. The molecule has 0 aliphatic rings. The standard InChI is InChI=1S/CH6O4Si.3CH4.H4O4Si.H4O3Si.H2O/c1-5-6(2,3)4;;;;1-5(2,3)4;1-4(2)3;/h2-4H,1H3;3*1H4;1-4H;1-4H;1H2. The van der Waals surface area contributed by atoms with Crippen LogP contribution in [-0.2, 0) is 4.43 Å². The van der Waals surface area contributed by atoms with E-state index in [4.69, 9.17) is 48.0 Å². The molecule has 15 heteroatoms. The molecule has 12 N–H and O–H groups in total. The molecule has 0 radical (unpaired) electrons. The van der Waals surface area contributed by atoms with Gasteiger partial charge in [-0.25, -0.2) is 0 Å². The minimum Gasteiger partial charge on any atom is -0.412 e. The van der Waals surface area contributed by atoms with Crippen molar-refractivity contribution in [2.45, 2.75) is 22.3 Å². The highest BCUT2D eigenvalue weighted by molar-refractivity contribution is 6.48. The van der Waals surface area contributed by atoms with Crippen LogP contribution in [-0.4, -0.2) is 88.2 Å². The molecule has 0 rings (SSSR count). The second-order valence-corrected chi connectivity index (χ2v) is 5.17. The van der Waals surface area contributed by atoms with Crippen LogP contribution in [0.15, 0.2) is 0 Å². The van der Waals surface area contributed by atoms with Crippen LogP contribution in [0.25, 0.3) is 0 Å². The Bertz CT molecular complexity index is 123. The molecule has 0 aromatic rings. The van der Waals surface area contributed by atoms with Gasteiger partial charge >= 0.3 is 27.6 Å². The van der Waals surface area contributed by atoms with Crippen LogP contribution >= 0.6 is 0 Å². The summed E-state index contributed by atoms with van der Waals surface area (Å²) in [7, 11) is -10.9. The van der Waals surface area contributed by atoms with Crippen molar-refractivity contribution in [2.24, 2.45) is 0 Å². The third-order valence-electron chi connectivity index (χ3n) is 0.274. The van der Waals surface area contributed by atoms with Gasteiger partial charge in [-0.1, -0.05) is 22.3 Å². The quantitative estimate of drug-likeness (QED) is 0.199. The second-order valence-electron chi connectivity index (χ2n) is 1.72. The van der Waals surface area contributed by atoms with Crippen molar-refractivity contribution >= 4 is 27.6 Å². The lowest BCUT2D eigenvalue weighted by atomic mass is 11.8. The van der Waals surface area contributed by atoms with Gasteiger partial charge in [0.2, 0.25) is 0 Å². The predicted octanol–water partition coefficient (Wildman–Crippen LogP) is -5.80. The molecule has 12 nitrogen and oxygen atoms in total. The van der Waals surface area contributed by atoms with E-state index in [1.165, 1.54) is 0 Å². The van der Waals surface area contributed by atoms with Crippen molar-refractivity contribution in [2.75, 3.05) is 7.11 Å². The molecule has 0 atom stereocenters. The molecule has 0 aromatic heterocycles. The maximum atomic E-state index is 7.85. The zero-order chi connectivity index (χ0) is 13.3. The van der Waals surface area contributed by atoms with Crippen LogP contribution in [0, 0.1) is 0 Å². The SMILES string of the molecule is C.C.C.CO[Si](O)(O)O.O.O[SiH](O)O.O[Si](O)(O)O. The Hall–Kier alpha value is 0.171. The minimum atomic E-state index is -4.61. The lowest BCUT2D eigenvalue weighted by molar-refractivity contribution is 0.0879. The van der Waals surface area contributed by atoms with Crippen molar-refractivity contribution in [1.29, 1.82) is 0 Å². The first-order valence-corrected chi connectivity index (χ1v) is 8.04. The fourth-order valence-corrected chi connectivity index (χ4v) is 0. The van der Waals surface area contributed by atoms with Crippen LogP contribution in [0.5, 0.6) is 0 Å². The van der Waals surface area contributed by atoms with Crippen molar-refractivity contribution in [3.05, 3.63) is 0 Å². The minimum absolute atomic E-state index is 0. The van der Waals surface area contributed by atoms with Crippen molar-refractivity contribution < 1.29 is 57.9 Å². The van der Waals surface area contributed by atoms with Gasteiger partial charge < -0.3 is 57.9 Å². The van der Waals surface area contributed by atoms with Crippen molar-refractivity contribution in [1.82, 2.24) is 0 Å². The fraction of sp³-hybridized carbons (Fsp3) is 1.00. The predicted molar refractivity (Wildman–Crippen MR) is 71.7 cm³/mol. The van der Waals surface area contributed by atoms with Gasteiger partial charge in [0, 0.05) is 7.11 Å². The van der Waals surface area contributed by atoms with Crippen LogP contribution in [0.4, 0.5) is 0 Å². The number of hydrogen-bond acceptors (Lipinski definition) is 11. The average molecular weight is 353 g/mol. The molecule has 0 fully saturated rings. The lowest BCUT2D eigenvalue weighted by Crippen LogP contribution is -2.37. The van der Waals surface area contributed by atoms with Gasteiger partial charge in [-0.05, 0) is 0 Å². The van der Waals surface area contributed by atoms with Gasteiger partial charge in [0.25, 0.3) is 0 Å². The first-order chi connectivity index (χ1) is 6.29. The van der Waals surface area contributed by atoms with Gasteiger partial charge in [-0.3, -0.25) is 0 Å². The highest BCUT2D eigenvalue weighted by atomic mass is 28.4. The van der Waals surface area contributed by atoms with E-state index < -0.39 is 27.6 Å². The summed E-state index contributed by atoms with van der Waals surface area (Å²) < 4.78 is 3.74. The summed E-state index contributed by atoms with van der Waals surface area (Å²) in [5, 5.41) is 0. The first-order valence-electron chi connectivity index (χ1n) is 2.95. The molecule has 0 bridgehead atoms. The van der Waals surface area contributed by atoms with E-state index in [1.807, 2.05) is 0 Å². The van der Waals surface area contributed by atoms with Crippen LogP contribution in [0.1, 0.15) is 22.3 Å². The molecule has 0 unspecified atom stereocenters. The summed E-state index contributed by atoms with van der Waals surface area (Å²) in [5.74, 6) is 0. The van der Waals surface area contributed by atoms with Crippen molar-refractivity contribution in [3.63, 3.8) is 0 Å². The number of rotatable bonds is 1. The van der Waals surface area contributed by atoms with Gasteiger partial charge in [-0.15, -0.1) is 0 Å². The third kappa shape index (κ3) is 473. The smallest absolute Gasteiger partial charge is 0.412 e. The summed E-state index contributed by atoms with van der Waals surface area (Å²) in [6.45, 7) is 0. The van der Waals surface area contributed by atoms with Gasteiger partial charge in [0.05, 0.1) is 0 Å². The summed E-state index contributed by atoms with van der Waals surface area (Å²) >= 11 is 0. The van der Waals surface area contributed by atoms with Crippen LogP contribution in [0.2, 0.25) is 0 Å². The molecule has 0 spiro atoms. The van der Waals surface area contributed by atoms with E-state index in [0.717, 1.165) is 7.11 Å². The maximum Gasteiger partial charge on any atom is 0.671 e. The summed E-state index contributed by atoms with van der Waals surface area (Å²) in [4.78, 5) is 74.8. The Labute approximate surface area is 115 Å². The number of hydrogen-bond donors (Lipinski definition) is 10. The largest absolute Gasteiger partial charge is 0.671 e. The van der Waals surface area contributed by atoms with Crippen LogP contribution < -0.4 is 0 Å². The van der Waals surface area contributed by atoms with Crippen molar-refractivity contribution in [3.8, 4) is 0 Å². The van der Waals surface area contributed by atoms with E-state index in [9.17, 15) is 0 Å². The molecule has 0 saturated carbocycles. The van der Waals surface area contributed by atoms with Gasteiger partial charge in [0.1, 0.15) is 0 Å². The molecule has 0 amide bonds. The normalized spacial score (nSPS) is 8.84. The molecular weight excluding hydrogens is 324 g/mol. The third-order valence-corrected chi connectivity index (χ3v) is 0.822. The lowest BCUT2D eigenvalue weighted by Gasteiger charge is -2.01. The zero-order valence-corrected chi connectivity index (χ0v) is 11.1. The molecule has 0 aliphatic carbocycles. The molecular formula is C4H28O12Si3. The first kappa shape index (κ1) is 42.7.